The van der Waals surface area contributed by atoms with E-state index in [4.69, 9.17) is 4.74 Å². The number of aliphatic hydroxyl groups is 1. The number of rotatable bonds is 7. The number of nitrogens with zero attached hydrogens (tertiary/aromatic N) is 3. The minimum Gasteiger partial charge on any atom is -0.488 e. The maximum atomic E-state index is 13.3. The number of benzene rings is 1. The Morgan fingerprint density at radius 1 is 1.45 bits per heavy atom. The zero-order chi connectivity index (χ0) is 14.4. The molecule has 1 aromatic heterocycles. The molecule has 0 amide bonds. The Bertz CT molecular complexity index is 547. The van der Waals surface area contributed by atoms with E-state index in [1.54, 1.807) is 30.2 Å². The van der Waals surface area contributed by atoms with Crippen LogP contribution in [0.3, 0.4) is 0 Å². The summed E-state index contributed by atoms with van der Waals surface area (Å²) in [7, 11) is 1.79. The molecule has 1 aromatic carbocycles. The first-order chi connectivity index (χ1) is 9.65. The van der Waals surface area contributed by atoms with Crippen molar-refractivity contribution in [1.82, 2.24) is 20.1 Å². The van der Waals surface area contributed by atoms with Crippen LogP contribution in [-0.4, -0.2) is 39.1 Å². The molecule has 2 N–H and O–H groups in total. The molecule has 2 rings (SSSR count). The number of hydrogen-bond donors (Lipinski definition) is 2. The largest absolute Gasteiger partial charge is 0.488 e. The maximum absolute atomic E-state index is 13.3. The van der Waals surface area contributed by atoms with Crippen molar-refractivity contribution in [3.05, 3.63) is 42.2 Å². The molecule has 6 nitrogen and oxygen atoms in total. The molecule has 0 spiro atoms. The summed E-state index contributed by atoms with van der Waals surface area (Å²) in [6, 6.07) is 6.09. The molecule has 1 heterocycles. The van der Waals surface area contributed by atoms with Crippen molar-refractivity contribution in [2.24, 2.45) is 7.05 Å². The van der Waals surface area contributed by atoms with E-state index >= 15 is 0 Å². The molecule has 1 atom stereocenters. The molecule has 7 heteroatoms. The van der Waals surface area contributed by atoms with Gasteiger partial charge in [-0.2, -0.15) is 5.10 Å². The molecule has 0 bridgehead atoms. The lowest BCUT2D eigenvalue weighted by molar-refractivity contribution is 0.104. The lowest BCUT2D eigenvalue weighted by Crippen LogP contribution is -2.31. The highest BCUT2D eigenvalue weighted by atomic mass is 19.1. The highest BCUT2D eigenvalue weighted by Gasteiger charge is 2.08. The predicted octanol–water partition coefficient (Wildman–Crippen LogP) is 0.484. The Kier molecular flexibility index (Phi) is 5.03. The summed E-state index contributed by atoms with van der Waals surface area (Å²) in [6.45, 7) is 0.786. The highest BCUT2D eigenvalue weighted by molar-refractivity contribution is 5.23. The van der Waals surface area contributed by atoms with Gasteiger partial charge < -0.3 is 15.2 Å². The van der Waals surface area contributed by atoms with Crippen molar-refractivity contribution >= 4 is 0 Å². The number of aryl methyl sites for hydroxylation is 1. The molecule has 0 aliphatic rings. The topological polar surface area (TPSA) is 72.2 Å². The van der Waals surface area contributed by atoms with Gasteiger partial charge in [0.25, 0.3) is 0 Å². The molecular formula is C13H17FN4O2. The Labute approximate surface area is 116 Å². The SMILES string of the molecule is Cn1cnc(CNCC(O)COc2ccccc2F)n1. The molecule has 0 aliphatic heterocycles. The summed E-state index contributed by atoms with van der Waals surface area (Å²) in [4.78, 5) is 4.04. The fourth-order valence-electron chi connectivity index (χ4n) is 1.62. The zero-order valence-electron chi connectivity index (χ0n) is 11.2. The number of aromatic nitrogens is 3. The normalized spacial score (nSPS) is 12.3. The van der Waals surface area contributed by atoms with Crippen LogP contribution in [0, 0.1) is 5.82 Å². The van der Waals surface area contributed by atoms with Gasteiger partial charge in [0, 0.05) is 13.6 Å². The molecule has 1 unspecified atom stereocenters. The standard InChI is InChI=1S/C13H17FN4O2/c1-18-9-16-13(17-18)7-15-6-10(19)8-20-12-5-3-2-4-11(12)14/h2-5,9-10,15,19H,6-8H2,1H3. The van der Waals surface area contributed by atoms with Crippen LogP contribution in [0.5, 0.6) is 5.75 Å². The van der Waals surface area contributed by atoms with E-state index in [1.165, 1.54) is 12.1 Å². The van der Waals surface area contributed by atoms with Crippen molar-refractivity contribution < 1.29 is 14.2 Å². The van der Waals surface area contributed by atoms with Gasteiger partial charge in [-0.15, -0.1) is 0 Å². The van der Waals surface area contributed by atoms with Gasteiger partial charge in [-0.25, -0.2) is 9.37 Å². The second kappa shape index (κ2) is 6.97. The molecule has 0 fully saturated rings. The van der Waals surface area contributed by atoms with Crippen molar-refractivity contribution in [2.75, 3.05) is 13.2 Å². The number of para-hydroxylation sites is 1. The van der Waals surface area contributed by atoms with Crippen LogP contribution in [0.15, 0.2) is 30.6 Å². The van der Waals surface area contributed by atoms with E-state index in [2.05, 4.69) is 15.4 Å². The lowest BCUT2D eigenvalue weighted by atomic mass is 10.3. The Balaban J connectivity index is 1.68. The number of ether oxygens (including phenoxy) is 1. The number of halogens is 1. The molecular weight excluding hydrogens is 263 g/mol. The second-order valence-corrected chi connectivity index (χ2v) is 4.36. The van der Waals surface area contributed by atoms with Crippen LogP contribution < -0.4 is 10.1 Å². The maximum Gasteiger partial charge on any atom is 0.165 e. The molecule has 20 heavy (non-hydrogen) atoms. The van der Waals surface area contributed by atoms with E-state index in [0.717, 1.165) is 0 Å². The highest BCUT2D eigenvalue weighted by Crippen LogP contribution is 2.15. The van der Waals surface area contributed by atoms with E-state index in [-0.39, 0.29) is 12.4 Å². The predicted molar refractivity (Wildman–Crippen MR) is 70.6 cm³/mol. The van der Waals surface area contributed by atoms with Gasteiger partial charge in [-0.1, -0.05) is 12.1 Å². The van der Waals surface area contributed by atoms with Gasteiger partial charge in [0.05, 0.1) is 6.54 Å². The smallest absolute Gasteiger partial charge is 0.165 e. The van der Waals surface area contributed by atoms with Gasteiger partial charge in [-0.05, 0) is 12.1 Å². The Morgan fingerprint density at radius 2 is 2.25 bits per heavy atom. The number of aliphatic hydroxyl groups excluding tert-OH is 1. The monoisotopic (exact) mass is 280 g/mol. The van der Waals surface area contributed by atoms with Crippen LogP contribution in [0.4, 0.5) is 4.39 Å². The molecule has 0 saturated carbocycles. The summed E-state index contributed by atoms with van der Waals surface area (Å²) in [5, 5.41) is 16.8. The molecule has 0 radical (unpaired) electrons. The average molecular weight is 280 g/mol. The minimum atomic E-state index is -0.738. The molecule has 0 saturated heterocycles. The van der Waals surface area contributed by atoms with Crippen LogP contribution in [-0.2, 0) is 13.6 Å². The number of hydrogen-bond acceptors (Lipinski definition) is 5. The summed E-state index contributed by atoms with van der Waals surface area (Å²) in [6.07, 6.45) is 0.868. The minimum absolute atomic E-state index is 0.0174. The lowest BCUT2D eigenvalue weighted by Gasteiger charge is -2.13. The van der Waals surface area contributed by atoms with Crippen molar-refractivity contribution in [3.63, 3.8) is 0 Å². The molecule has 2 aromatic rings. The third-order valence-corrected chi connectivity index (χ3v) is 2.58. The zero-order valence-corrected chi connectivity index (χ0v) is 11.2. The first-order valence-electron chi connectivity index (χ1n) is 6.26. The van der Waals surface area contributed by atoms with Gasteiger partial charge in [0.2, 0.25) is 0 Å². The van der Waals surface area contributed by atoms with Crippen LogP contribution in [0.1, 0.15) is 5.82 Å². The summed E-state index contributed by atoms with van der Waals surface area (Å²) in [5.74, 6) is 0.345. The van der Waals surface area contributed by atoms with Gasteiger partial charge in [0.15, 0.2) is 17.4 Å². The van der Waals surface area contributed by atoms with E-state index < -0.39 is 11.9 Å². The average Bonchev–Trinajstić information content (AvgIpc) is 2.83. The van der Waals surface area contributed by atoms with Crippen LogP contribution in [0.2, 0.25) is 0 Å². The van der Waals surface area contributed by atoms with Crippen molar-refractivity contribution in [2.45, 2.75) is 12.6 Å². The van der Waals surface area contributed by atoms with Crippen molar-refractivity contribution in [1.29, 1.82) is 0 Å². The summed E-state index contributed by atoms with van der Waals surface area (Å²) < 4.78 is 20.1. The fraction of sp³-hybridized carbons (Fsp3) is 0.385. The van der Waals surface area contributed by atoms with E-state index in [0.29, 0.717) is 18.9 Å². The first-order valence-corrected chi connectivity index (χ1v) is 6.26. The van der Waals surface area contributed by atoms with Gasteiger partial charge in [0.1, 0.15) is 19.0 Å². The third-order valence-electron chi connectivity index (χ3n) is 2.58. The van der Waals surface area contributed by atoms with Crippen LogP contribution >= 0.6 is 0 Å². The van der Waals surface area contributed by atoms with E-state index in [1.807, 2.05) is 0 Å². The van der Waals surface area contributed by atoms with Crippen molar-refractivity contribution in [3.8, 4) is 5.75 Å². The first kappa shape index (κ1) is 14.4. The van der Waals surface area contributed by atoms with Gasteiger partial charge >= 0.3 is 0 Å². The number of nitrogens with one attached hydrogen (secondary N) is 1. The second-order valence-electron chi connectivity index (χ2n) is 4.36. The third kappa shape index (κ3) is 4.29. The summed E-state index contributed by atoms with van der Waals surface area (Å²) in [5.41, 5.74) is 0. The Morgan fingerprint density at radius 3 is 2.95 bits per heavy atom. The molecule has 0 aliphatic carbocycles. The fourth-order valence-corrected chi connectivity index (χ4v) is 1.62. The van der Waals surface area contributed by atoms with Crippen LogP contribution in [0.25, 0.3) is 0 Å². The molecule has 108 valence electrons. The summed E-state index contributed by atoms with van der Waals surface area (Å²) >= 11 is 0. The Hall–Kier alpha value is -1.99. The quantitative estimate of drug-likeness (QED) is 0.772. The van der Waals surface area contributed by atoms with E-state index in [9.17, 15) is 9.50 Å². The van der Waals surface area contributed by atoms with Gasteiger partial charge in [-0.3, -0.25) is 4.68 Å².